The van der Waals surface area contributed by atoms with Crippen molar-refractivity contribution in [3.05, 3.63) is 104 Å². The fourth-order valence-electron chi connectivity index (χ4n) is 7.57. The van der Waals surface area contributed by atoms with Gasteiger partial charge >= 0.3 is 0 Å². The summed E-state index contributed by atoms with van der Waals surface area (Å²) >= 11 is 7.03. The largest absolute Gasteiger partial charge is 0.503 e. The van der Waals surface area contributed by atoms with Crippen molar-refractivity contribution in [1.82, 2.24) is 0 Å². The number of fused-ring (bicyclic) bond motifs is 3. The minimum atomic E-state index is -0.737. The average Bonchev–Trinajstić information content (AvgIpc) is 3.37. The standard InChI is InChI=1S/C38H32Br2N4O6/c1-18-15-28(45)32-27(35(18)46)16-25-23(30(32)26-17-29(50-4)36(47)34(40)33(26)39)13-14-24-31(25)38(49)44(37(24)48)22-11-7-20(8-12-22)42-41-19-5-9-21(10-6-19)43(2)3/h5-13,15,17,24-25,30-31,47H,14,16H2,1-4H3. The number of ketones is 2. The Morgan fingerprint density at radius 2 is 1.54 bits per heavy atom. The molecular weight excluding hydrogens is 768 g/mol. The van der Waals surface area contributed by atoms with Crippen molar-refractivity contribution < 1.29 is 29.0 Å². The average molecular weight is 801 g/mol. The van der Waals surface area contributed by atoms with Gasteiger partial charge in [0.05, 0.1) is 40.5 Å². The molecule has 3 aromatic rings. The highest BCUT2D eigenvalue weighted by molar-refractivity contribution is 9.13. The number of Topliss-reactive ketones (excluding diaryl/α,β-unsaturated/α-hetero) is 1. The molecule has 2 amide bonds. The summed E-state index contributed by atoms with van der Waals surface area (Å²) < 4.78 is 6.27. The molecule has 0 bridgehead atoms. The number of imide groups is 1. The first-order chi connectivity index (χ1) is 23.9. The molecule has 1 fully saturated rings. The number of rotatable bonds is 6. The van der Waals surface area contributed by atoms with Gasteiger partial charge in [0.1, 0.15) is 0 Å². The van der Waals surface area contributed by atoms with E-state index >= 15 is 0 Å². The summed E-state index contributed by atoms with van der Waals surface area (Å²) in [5, 5.41) is 19.3. The Morgan fingerprint density at radius 3 is 2.16 bits per heavy atom. The number of phenols is 1. The summed E-state index contributed by atoms with van der Waals surface area (Å²) in [6.07, 6.45) is 3.76. The Balaban J connectivity index is 1.23. The smallest absolute Gasteiger partial charge is 0.238 e. The second-order valence-electron chi connectivity index (χ2n) is 13.0. The lowest BCUT2D eigenvalue weighted by Gasteiger charge is -2.42. The van der Waals surface area contributed by atoms with Gasteiger partial charge in [-0.05, 0) is 124 Å². The van der Waals surface area contributed by atoms with Crippen molar-refractivity contribution in [3.63, 3.8) is 0 Å². The molecule has 4 atom stereocenters. The van der Waals surface area contributed by atoms with E-state index in [4.69, 9.17) is 4.74 Å². The van der Waals surface area contributed by atoms with E-state index < -0.39 is 23.7 Å². The molecule has 1 heterocycles. The molecule has 4 unspecified atom stereocenters. The van der Waals surface area contributed by atoms with Crippen molar-refractivity contribution in [3.8, 4) is 11.5 Å². The third kappa shape index (κ3) is 5.45. The molecule has 0 saturated carbocycles. The maximum atomic E-state index is 14.3. The van der Waals surface area contributed by atoms with Crippen LogP contribution in [0.15, 0.2) is 108 Å². The van der Waals surface area contributed by atoms with Gasteiger partial charge in [0.2, 0.25) is 11.8 Å². The zero-order chi connectivity index (χ0) is 35.6. The predicted octanol–water partition coefficient (Wildman–Crippen LogP) is 8.04. The summed E-state index contributed by atoms with van der Waals surface area (Å²) in [7, 11) is 5.35. The number of anilines is 2. The summed E-state index contributed by atoms with van der Waals surface area (Å²) in [6.45, 7) is 1.61. The monoisotopic (exact) mass is 798 g/mol. The number of hydrogen-bond donors (Lipinski definition) is 1. The summed E-state index contributed by atoms with van der Waals surface area (Å²) in [5.41, 5.74) is 5.12. The highest BCUT2D eigenvalue weighted by Gasteiger charge is 2.57. The lowest BCUT2D eigenvalue weighted by Crippen LogP contribution is -2.40. The number of nitrogens with zero attached hydrogens (tertiary/aromatic N) is 4. The minimum absolute atomic E-state index is 0.123. The normalized spacial score (nSPS) is 23.1. The molecule has 0 aromatic heterocycles. The molecule has 12 heteroatoms. The van der Waals surface area contributed by atoms with Gasteiger partial charge in [0, 0.05) is 46.9 Å². The highest BCUT2D eigenvalue weighted by Crippen LogP contribution is 2.57. The number of methoxy groups -OCH3 is 1. The highest BCUT2D eigenvalue weighted by atomic mass is 79.9. The van der Waals surface area contributed by atoms with Gasteiger partial charge in [0.25, 0.3) is 0 Å². The maximum absolute atomic E-state index is 14.3. The lowest BCUT2D eigenvalue weighted by molar-refractivity contribution is -0.123. The van der Waals surface area contributed by atoms with E-state index in [-0.39, 0.29) is 41.3 Å². The van der Waals surface area contributed by atoms with Crippen molar-refractivity contribution in [2.75, 3.05) is 31.0 Å². The van der Waals surface area contributed by atoms with E-state index in [2.05, 4.69) is 42.1 Å². The van der Waals surface area contributed by atoms with Crippen LogP contribution < -0.4 is 14.5 Å². The molecule has 254 valence electrons. The van der Waals surface area contributed by atoms with E-state index in [1.165, 1.54) is 18.1 Å². The van der Waals surface area contributed by atoms with Crippen molar-refractivity contribution in [2.24, 2.45) is 28.0 Å². The first-order valence-electron chi connectivity index (χ1n) is 16.0. The number of carbonyl (C=O) groups excluding carboxylic acids is 4. The van der Waals surface area contributed by atoms with Crippen LogP contribution in [0.25, 0.3) is 0 Å². The predicted molar refractivity (Wildman–Crippen MR) is 195 cm³/mol. The van der Waals surface area contributed by atoms with E-state index in [1.54, 1.807) is 37.3 Å². The van der Waals surface area contributed by atoms with E-state index in [0.717, 1.165) is 11.3 Å². The van der Waals surface area contributed by atoms with Gasteiger partial charge < -0.3 is 14.7 Å². The third-order valence-electron chi connectivity index (χ3n) is 10.0. The number of allylic oxidation sites excluding steroid dienone is 6. The van der Waals surface area contributed by atoms with E-state index in [1.807, 2.05) is 49.3 Å². The zero-order valence-corrected chi connectivity index (χ0v) is 30.8. The van der Waals surface area contributed by atoms with Crippen LogP contribution in [0.1, 0.15) is 31.2 Å². The van der Waals surface area contributed by atoms with Gasteiger partial charge in [-0.1, -0.05) is 11.6 Å². The van der Waals surface area contributed by atoms with Crippen molar-refractivity contribution in [1.29, 1.82) is 0 Å². The zero-order valence-electron chi connectivity index (χ0n) is 27.6. The topological polar surface area (TPSA) is 129 Å². The molecule has 0 spiro atoms. The van der Waals surface area contributed by atoms with Crippen LogP contribution in [0, 0.1) is 17.8 Å². The van der Waals surface area contributed by atoms with Crippen LogP contribution in [-0.4, -0.2) is 49.7 Å². The molecule has 1 aliphatic heterocycles. The number of carbonyl (C=O) groups is 4. The SMILES string of the molecule is COc1cc(C2C3=CCC4C(=O)N(c5ccc(N=Nc6ccc(N(C)C)cc6)cc5)C(=O)C4C3CC3=C2C(=O)C=C(C)C3=O)c(Br)c(Br)c1O. The maximum Gasteiger partial charge on any atom is 0.238 e. The van der Waals surface area contributed by atoms with Crippen molar-refractivity contribution >= 4 is 78.0 Å². The summed E-state index contributed by atoms with van der Waals surface area (Å²) in [6, 6.07) is 16.1. The van der Waals surface area contributed by atoms with Crippen LogP contribution in [0.2, 0.25) is 0 Å². The van der Waals surface area contributed by atoms with Crippen LogP contribution in [0.3, 0.4) is 0 Å². The number of azo groups is 1. The number of hydrogen-bond acceptors (Lipinski definition) is 9. The van der Waals surface area contributed by atoms with Gasteiger partial charge in [0.15, 0.2) is 23.1 Å². The number of halogens is 2. The summed E-state index contributed by atoms with van der Waals surface area (Å²) in [4.78, 5) is 58.9. The quantitative estimate of drug-likeness (QED) is 0.116. The van der Waals surface area contributed by atoms with Crippen LogP contribution in [0.5, 0.6) is 11.5 Å². The minimum Gasteiger partial charge on any atom is -0.503 e. The number of phenolic OH excluding ortho intramolecular Hbond substituents is 1. The van der Waals surface area contributed by atoms with E-state index in [9.17, 15) is 24.3 Å². The Kier molecular flexibility index (Phi) is 8.72. The molecule has 50 heavy (non-hydrogen) atoms. The number of amides is 2. The molecular formula is C38H32Br2N4O6. The number of ether oxygens (including phenoxy) is 1. The van der Waals surface area contributed by atoms with Crippen LogP contribution in [-0.2, 0) is 19.2 Å². The molecule has 7 rings (SSSR count). The molecule has 10 nitrogen and oxygen atoms in total. The van der Waals surface area contributed by atoms with Gasteiger partial charge in [-0.2, -0.15) is 10.2 Å². The third-order valence-corrected chi connectivity index (χ3v) is 12.2. The Morgan fingerprint density at radius 1 is 0.900 bits per heavy atom. The molecule has 1 saturated heterocycles. The molecule has 1 N–H and O–H groups in total. The van der Waals surface area contributed by atoms with Gasteiger partial charge in [-0.25, -0.2) is 0 Å². The fourth-order valence-corrected chi connectivity index (χ4v) is 8.53. The summed E-state index contributed by atoms with van der Waals surface area (Å²) in [5.74, 6) is -3.72. The Hall–Kier alpha value is -4.68. The first kappa shape index (κ1) is 33.8. The molecule has 0 radical (unpaired) electrons. The second-order valence-corrected chi connectivity index (χ2v) is 14.6. The van der Waals surface area contributed by atoms with Gasteiger partial charge in [-0.3, -0.25) is 24.1 Å². The second kappa shape index (κ2) is 12.9. The Bertz CT molecular complexity index is 2120. The first-order valence-corrected chi connectivity index (χ1v) is 17.6. The molecule has 3 aliphatic carbocycles. The van der Waals surface area contributed by atoms with Crippen LogP contribution >= 0.6 is 31.9 Å². The fraction of sp³-hybridized carbons (Fsp3) is 0.263. The van der Waals surface area contributed by atoms with Gasteiger partial charge in [-0.15, -0.1) is 0 Å². The van der Waals surface area contributed by atoms with Crippen LogP contribution in [0.4, 0.5) is 22.7 Å². The van der Waals surface area contributed by atoms with Crippen molar-refractivity contribution in [2.45, 2.75) is 25.7 Å². The number of benzene rings is 3. The Labute approximate surface area is 305 Å². The molecule has 4 aliphatic rings. The number of aromatic hydroxyl groups is 1. The lowest BCUT2D eigenvalue weighted by atomic mass is 9.59. The van der Waals surface area contributed by atoms with E-state index in [0.29, 0.717) is 54.7 Å². The molecule has 3 aromatic carbocycles.